The zero-order chi connectivity index (χ0) is 20.8. The second-order valence-electron chi connectivity index (χ2n) is 7.13. The van der Waals surface area contributed by atoms with Crippen LogP contribution in [0.2, 0.25) is 0 Å². The van der Waals surface area contributed by atoms with E-state index < -0.39 is 0 Å². The fourth-order valence-electron chi connectivity index (χ4n) is 3.13. The van der Waals surface area contributed by atoms with Gasteiger partial charge in [0.2, 0.25) is 0 Å². The highest BCUT2D eigenvalue weighted by Crippen LogP contribution is 2.20. The number of anilines is 1. The molecule has 2 aromatic carbocycles. The van der Waals surface area contributed by atoms with Gasteiger partial charge >= 0.3 is 0 Å². The Labute approximate surface area is 171 Å². The molecule has 0 bridgehead atoms. The smallest absolute Gasteiger partial charge is 0.255 e. The summed E-state index contributed by atoms with van der Waals surface area (Å²) in [4.78, 5) is 30.9. The largest absolute Gasteiger partial charge is 0.341 e. The maximum atomic E-state index is 12.6. The summed E-state index contributed by atoms with van der Waals surface area (Å²) in [5.41, 5.74) is 5.07. The van der Waals surface area contributed by atoms with Gasteiger partial charge in [-0.05, 0) is 73.4 Å². The molecule has 5 heteroatoms. The number of pyridine rings is 1. The Hall–Kier alpha value is -3.47. The molecule has 1 N–H and O–H groups in total. The van der Waals surface area contributed by atoms with Crippen LogP contribution in [0, 0.1) is 13.8 Å². The number of nitrogens with one attached hydrogen (secondary N) is 1. The van der Waals surface area contributed by atoms with Crippen LogP contribution in [-0.4, -0.2) is 35.3 Å². The minimum atomic E-state index is -0.188. The van der Waals surface area contributed by atoms with E-state index in [1.807, 2.05) is 44.2 Å². The standard InChI is InChI=1S/C24H25N3O2/c1-17-5-4-6-18(2)22(17)26-23(28)20-7-9-21(10-8-20)24(29)27(3)16-13-19-11-14-25-15-12-19/h4-12,14-15H,13,16H2,1-3H3,(H,26,28). The van der Waals surface area contributed by atoms with Gasteiger partial charge < -0.3 is 10.2 Å². The van der Waals surface area contributed by atoms with Crippen molar-refractivity contribution in [3.05, 3.63) is 94.8 Å². The monoisotopic (exact) mass is 387 g/mol. The Bertz CT molecular complexity index is 978. The lowest BCUT2D eigenvalue weighted by atomic mass is 10.1. The number of para-hydroxylation sites is 1. The minimum absolute atomic E-state index is 0.0687. The van der Waals surface area contributed by atoms with Crippen LogP contribution in [0.15, 0.2) is 67.0 Å². The molecule has 0 atom stereocenters. The van der Waals surface area contributed by atoms with Crippen molar-refractivity contribution in [2.45, 2.75) is 20.3 Å². The van der Waals surface area contributed by atoms with Crippen molar-refractivity contribution in [1.82, 2.24) is 9.88 Å². The minimum Gasteiger partial charge on any atom is -0.341 e. The topological polar surface area (TPSA) is 62.3 Å². The number of hydrogen-bond donors (Lipinski definition) is 1. The van der Waals surface area contributed by atoms with Crippen molar-refractivity contribution in [1.29, 1.82) is 0 Å². The Morgan fingerprint density at radius 2 is 1.48 bits per heavy atom. The van der Waals surface area contributed by atoms with Gasteiger partial charge in [0, 0.05) is 42.8 Å². The first-order valence-corrected chi connectivity index (χ1v) is 9.57. The lowest BCUT2D eigenvalue weighted by molar-refractivity contribution is 0.0796. The zero-order valence-corrected chi connectivity index (χ0v) is 17.0. The van der Waals surface area contributed by atoms with E-state index in [4.69, 9.17) is 0 Å². The Morgan fingerprint density at radius 1 is 0.897 bits per heavy atom. The summed E-state index contributed by atoms with van der Waals surface area (Å²) >= 11 is 0. The van der Waals surface area contributed by atoms with Crippen molar-refractivity contribution in [3.63, 3.8) is 0 Å². The lowest BCUT2D eigenvalue weighted by Gasteiger charge is -2.17. The zero-order valence-electron chi connectivity index (χ0n) is 17.0. The average molecular weight is 387 g/mol. The molecule has 2 amide bonds. The molecule has 0 radical (unpaired) electrons. The number of likely N-dealkylation sites (N-methyl/N-ethyl adjacent to an activating group) is 1. The summed E-state index contributed by atoms with van der Waals surface area (Å²) in [6.45, 7) is 4.54. The van der Waals surface area contributed by atoms with Gasteiger partial charge in [0.15, 0.2) is 0 Å². The fraction of sp³-hybridized carbons (Fsp3) is 0.208. The van der Waals surface area contributed by atoms with Gasteiger partial charge in [-0.1, -0.05) is 18.2 Å². The number of rotatable bonds is 6. The molecule has 0 aliphatic heterocycles. The second-order valence-corrected chi connectivity index (χ2v) is 7.13. The van der Waals surface area contributed by atoms with E-state index in [1.165, 1.54) is 0 Å². The van der Waals surface area contributed by atoms with E-state index >= 15 is 0 Å². The van der Waals surface area contributed by atoms with Gasteiger partial charge in [-0.3, -0.25) is 14.6 Å². The van der Waals surface area contributed by atoms with Crippen LogP contribution in [0.25, 0.3) is 0 Å². The number of carbonyl (C=O) groups excluding carboxylic acids is 2. The molecule has 0 aliphatic rings. The predicted octanol–water partition coefficient (Wildman–Crippen LogP) is 4.27. The summed E-state index contributed by atoms with van der Waals surface area (Å²) < 4.78 is 0. The number of hydrogen-bond acceptors (Lipinski definition) is 3. The molecule has 0 saturated heterocycles. The van der Waals surface area contributed by atoms with Crippen molar-refractivity contribution in [2.75, 3.05) is 18.9 Å². The first-order chi connectivity index (χ1) is 14.0. The maximum Gasteiger partial charge on any atom is 0.255 e. The van der Waals surface area contributed by atoms with E-state index in [9.17, 15) is 9.59 Å². The summed E-state index contributed by atoms with van der Waals surface area (Å²) in [5, 5.41) is 2.97. The molecule has 0 saturated carbocycles. The van der Waals surface area contributed by atoms with E-state index in [0.29, 0.717) is 17.7 Å². The first kappa shape index (κ1) is 20.3. The van der Waals surface area contributed by atoms with Crippen LogP contribution >= 0.6 is 0 Å². The van der Waals surface area contributed by atoms with Gasteiger partial charge in [-0.2, -0.15) is 0 Å². The average Bonchev–Trinajstić information content (AvgIpc) is 2.75. The first-order valence-electron chi connectivity index (χ1n) is 9.57. The molecular formula is C24H25N3O2. The highest BCUT2D eigenvalue weighted by Gasteiger charge is 2.14. The molecule has 1 heterocycles. The van der Waals surface area contributed by atoms with E-state index in [-0.39, 0.29) is 11.8 Å². The van der Waals surface area contributed by atoms with Gasteiger partial charge in [0.1, 0.15) is 0 Å². The van der Waals surface area contributed by atoms with Crippen molar-refractivity contribution >= 4 is 17.5 Å². The summed E-state index contributed by atoms with van der Waals surface area (Å²) in [5.74, 6) is -0.256. The number of aryl methyl sites for hydroxylation is 2. The van der Waals surface area contributed by atoms with Crippen molar-refractivity contribution in [2.24, 2.45) is 0 Å². The van der Waals surface area contributed by atoms with Crippen LogP contribution in [0.5, 0.6) is 0 Å². The predicted molar refractivity (Wildman–Crippen MR) is 115 cm³/mol. The normalized spacial score (nSPS) is 10.4. The van der Waals surface area contributed by atoms with Crippen molar-refractivity contribution < 1.29 is 9.59 Å². The molecule has 0 unspecified atom stereocenters. The molecule has 1 aromatic heterocycles. The molecule has 148 valence electrons. The van der Waals surface area contributed by atoms with E-state index in [1.54, 1.807) is 48.6 Å². The van der Waals surface area contributed by atoms with Gasteiger partial charge in [0.05, 0.1) is 0 Å². The van der Waals surface area contributed by atoms with Crippen molar-refractivity contribution in [3.8, 4) is 0 Å². The fourth-order valence-corrected chi connectivity index (χ4v) is 3.13. The van der Waals surface area contributed by atoms with Crippen LogP contribution in [-0.2, 0) is 6.42 Å². The SMILES string of the molecule is Cc1cccc(C)c1NC(=O)c1ccc(C(=O)N(C)CCc2ccncc2)cc1. The molecule has 29 heavy (non-hydrogen) atoms. The maximum absolute atomic E-state index is 12.6. The number of aromatic nitrogens is 1. The number of benzene rings is 2. The quantitative estimate of drug-likeness (QED) is 0.687. The third-order valence-electron chi connectivity index (χ3n) is 4.95. The molecule has 3 aromatic rings. The molecule has 0 spiro atoms. The Balaban J connectivity index is 1.63. The Kier molecular flexibility index (Phi) is 6.39. The third-order valence-corrected chi connectivity index (χ3v) is 4.95. The summed E-state index contributed by atoms with van der Waals surface area (Å²) in [6, 6.07) is 16.6. The number of amides is 2. The molecule has 5 nitrogen and oxygen atoms in total. The van der Waals surface area contributed by atoms with Gasteiger partial charge in [0.25, 0.3) is 11.8 Å². The Morgan fingerprint density at radius 3 is 2.10 bits per heavy atom. The highest BCUT2D eigenvalue weighted by molar-refractivity contribution is 6.05. The number of nitrogens with zero attached hydrogens (tertiary/aromatic N) is 2. The van der Waals surface area contributed by atoms with E-state index in [2.05, 4.69) is 10.3 Å². The summed E-state index contributed by atoms with van der Waals surface area (Å²) in [6.07, 6.45) is 4.26. The van der Waals surface area contributed by atoms with Crippen LogP contribution in [0.1, 0.15) is 37.4 Å². The number of carbonyl (C=O) groups is 2. The summed E-state index contributed by atoms with van der Waals surface area (Å²) in [7, 11) is 1.78. The molecular weight excluding hydrogens is 362 g/mol. The van der Waals surface area contributed by atoms with Gasteiger partial charge in [-0.25, -0.2) is 0 Å². The molecule has 0 aliphatic carbocycles. The second kappa shape index (κ2) is 9.15. The highest BCUT2D eigenvalue weighted by atomic mass is 16.2. The molecule has 0 fully saturated rings. The molecule has 3 rings (SSSR count). The van der Waals surface area contributed by atoms with Gasteiger partial charge in [-0.15, -0.1) is 0 Å². The van der Waals surface area contributed by atoms with E-state index in [0.717, 1.165) is 28.8 Å². The van der Waals surface area contributed by atoms with Crippen LogP contribution < -0.4 is 5.32 Å². The lowest BCUT2D eigenvalue weighted by Crippen LogP contribution is -2.28. The van der Waals surface area contributed by atoms with Crippen LogP contribution in [0.4, 0.5) is 5.69 Å². The van der Waals surface area contributed by atoms with Crippen LogP contribution in [0.3, 0.4) is 0 Å². The third kappa shape index (κ3) is 5.08.